The Morgan fingerprint density at radius 2 is 1.81 bits per heavy atom. The molecule has 0 saturated carbocycles. The second-order valence-electron chi connectivity index (χ2n) is 6.08. The fourth-order valence-corrected chi connectivity index (χ4v) is 2.83. The molecular weight excluding hydrogens is 326 g/mol. The van der Waals surface area contributed by atoms with Crippen molar-refractivity contribution in [3.8, 4) is 5.75 Å². The van der Waals surface area contributed by atoms with Gasteiger partial charge in [-0.25, -0.2) is 4.68 Å². The van der Waals surface area contributed by atoms with Gasteiger partial charge in [0.15, 0.2) is 0 Å². The molecule has 0 aliphatic rings. The average Bonchev–Trinajstić information content (AvgIpc) is 3.09. The van der Waals surface area contributed by atoms with E-state index in [4.69, 9.17) is 4.74 Å². The second kappa shape index (κ2) is 8.34. The van der Waals surface area contributed by atoms with Gasteiger partial charge in [-0.1, -0.05) is 49.4 Å². The normalized spacial score (nSPS) is 10.5. The SMILES string of the molecule is CCc1ccc(Cn2nccc2NC(=O)Cc2ccccc2OC)cc1. The summed E-state index contributed by atoms with van der Waals surface area (Å²) in [5.74, 6) is 1.30. The lowest BCUT2D eigenvalue weighted by molar-refractivity contribution is -0.115. The number of aromatic nitrogens is 2. The molecule has 0 spiro atoms. The molecule has 0 fully saturated rings. The van der Waals surface area contributed by atoms with Gasteiger partial charge in [0.25, 0.3) is 0 Å². The molecule has 0 saturated heterocycles. The molecule has 134 valence electrons. The smallest absolute Gasteiger partial charge is 0.230 e. The predicted molar refractivity (Wildman–Crippen MR) is 102 cm³/mol. The molecule has 1 amide bonds. The maximum atomic E-state index is 12.4. The third-order valence-corrected chi connectivity index (χ3v) is 4.29. The molecule has 5 nitrogen and oxygen atoms in total. The van der Waals surface area contributed by atoms with Gasteiger partial charge in [0, 0.05) is 11.6 Å². The van der Waals surface area contributed by atoms with E-state index in [1.807, 2.05) is 24.3 Å². The highest BCUT2D eigenvalue weighted by Crippen LogP contribution is 2.19. The summed E-state index contributed by atoms with van der Waals surface area (Å²) in [6.45, 7) is 2.75. The molecule has 1 heterocycles. The van der Waals surface area contributed by atoms with Gasteiger partial charge in [0.05, 0.1) is 26.3 Å². The minimum Gasteiger partial charge on any atom is -0.496 e. The molecule has 0 bridgehead atoms. The van der Waals surface area contributed by atoms with Crippen LogP contribution in [0.3, 0.4) is 0 Å². The summed E-state index contributed by atoms with van der Waals surface area (Å²) >= 11 is 0. The number of nitrogens with one attached hydrogen (secondary N) is 1. The van der Waals surface area contributed by atoms with Crippen LogP contribution in [-0.2, 0) is 24.2 Å². The summed E-state index contributed by atoms with van der Waals surface area (Å²) < 4.78 is 7.10. The molecule has 0 aliphatic carbocycles. The molecule has 1 aromatic heterocycles. The molecule has 3 rings (SSSR count). The maximum absolute atomic E-state index is 12.4. The molecule has 3 aromatic rings. The van der Waals surface area contributed by atoms with Crippen LogP contribution in [0.4, 0.5) is 5.82 Å². The average molecular weight is 349 g/mol. The highest BCUT2D eigenvalue weighted by Gasteiger charge is 2.11. The second-order valence-corrected chi connectivity index (χ2v) is 6.08. The molecule has 1 N–H and O–H groups in total. The number of benzene rings is 2. The fourth-order valence-electron chi connectivity index (χ4n) is 2.83. The van der Waals surface area contributed by atoms with Crippen molar-refractivity contribution in [1.82, 2.24) is 9.78 Å². The number of methoxy groups -OCH3 is 1. The molecule has 5 heteroatoms. The third kappa shape index (κ3) is 4.30. The lowest BCUT2D eigenvalue weighted by Crippen LogP contribution is -2.18. The Morgan fingerprint density at radius 3 is 2.54 bits per heavy atom. The summed E-state index contributed by atoms with van der Waals surface area (Å²) in [7, 11) is 1.61. The number of anilines is 1. The Kier molecular flexibility index (Phi) is 5.69. The van der Waals surface area contributed by atoms with Crippen LogP contribution in [0, 0.1) is 0 Å². The van der Waals surface area contributed by atoms with Crippen LogP contribution >= 0.6 is 0 Å². The van der Waals surface area contributed by atoms with Crippen molar-refractivity contribution in [2.24, 2.45) is 0 Å². The minimum absolute atomic E-state index is 0.0995. The molecule has 0 aliphatic heterocycles. The van der Waals surface area contributed by atoms with Crippen LogP contribution in [0.1, 0.15) is 23.6 Å². The summed E-state index contributed by atoms with van der Waals surface area (Å²) in [6, 6.07) is 17.8. The summed E-state index contributed by atoms with van der Waals surface area (Å²) in [4.78, 5) is 12.4. The first kappa shape index (κ1) is 17.7. The van der Waals surface area contributed by atoms with Crippen molar-refractivity contribution in [3.05, 3.63) is 77.5 Å². The van der Waals surface area contributed by atoms with Crippen LogP contribution in [0.15, 0.2) is 60.8 Å². The van der Waals surface area contributed by atoms with E-state index in [2.05, 4.69) is 41.6 Å². The lowest BCUT2D eigenvalue weighted by atomic mass is 10.1. The van der Waals surface area contributed by atoms with Gasteiger partial charge in [-0.05, 0) is 23.6 Å². The van der Waals surface area contributed by atoms with E-state index in [-0.39, 0.29) is 12.3 Å². The van der Waals surface area contributed by atoms with E-state index in [1.54, 1.807) is 24.1 Å². The number of para-hydroxylation sites is 1. The number of amides is 1. The first-order chi connectivity index (χ1) is 12.7. The molecule has 0 atom stereocenters. The highest BCUT2D eigenvalue weighted by atomic mass is 16.5. The predicted octanol–water partition coefficient (Wildman–Crippen LogP) is 3.68. The molecular formula is C21H23N3O2. The monoisotopic (exact) mass is 349 g/mol. The maximum Gasteiger partial charge on any atom is 0.230 e. The van der Waals surface area contributed by atoms with Crippen molar-refractivity contribution in [2.45, 2.75) is 26.3 Å². The Balaban J connectivity index is 1.67. The zero-order valence-corrected chi connectivity index (χ0v) is 15.1. The van der Waals surface area contributed by atoms with E-state index in [0.29, 0.717) is 18.1 Å². The van der Waals surface area contributed by atoms with E-state index in [1.165, 1.54) is 5.56 Å². The van der Waals surface area contributed by atoms with Crippen LogP contribution in [-0.4, -0.2) is 22.8 Å². The number of hydrogen-bond donors (Lipinski definition) is 1. The van der Waals surface area contributed by atoms with Crippen molar-refractivity contribution in [2.75, 3.05) is 12.4 Å². The summed E-state index contributed by atoms with van der Waals surface area (Å²) in [5.41, 5.74) is 3.30. The van der Waals surface area contributed by atoms with Crippen molar-refractivity contribution in [1.29, 1.82) is 0 Å². The van der Waals surface area contributed by atoms with Crippen molar-refractivity contribution >= 4 is 11.7 Å². The fraction of sp³-hybridized carbons (Fsp3) is 0.238. The number of nitrogens with zero attached hydrogens (tertiary/aromatic N) is 2. The molecule has 26 heavy (non-hydrogen) atoms. The van der Waals surface area contributed by atoms with Crippen LogP contribution in [0.25, 0.3) is 0 Å². The Bertz CT molecular complexity index is 869. The number of hydrogen-bond acceptors (Lipinski definition) is 3. The number of carbonyl (C=O) groups is 1. The number of carbonyl (C=O) groups excluding carboxylic acids is 1. The zero-order chi connectivity index (χ0) is 18.4. The molecule has 2 aromatic carbocycles. The zero-order valence-electron chi connectivity index (χ0n) is 15.1. The van der Waals surface area contributed by atoms with Gasteiger partial charge >= 0.3 is 0 Å². The quantitative estimate of drug-likeness (QED) is 0.708. The Labute approximate surface area is 153 Å². The summed E-state index contributed by atoms with van der Waals surface area (Å²) in [6.07, 6.45) is 2.96. The number of ether oxygens (including phenoxy) is 1. The molecule has 0 unspecified atom stereocenters. The van der Waals surface area contributed by atoms with Gasteiger partial charge in [-0.15, -0.1) is 0 Å². The highest BCUT2D eigenvalue weighted by molar-refractivity contribution is 5.91. The van der Waals surface area contributed by atoms with Crippen LogP contribution in [0.5, 0.6) is 5.75 Å². The standard InChI is InChI=1S/C21H23N3O2/c1-3-16-8-10-17(11-9-16)15-24-20(12-13-22-24)23-21(25)14-18-6-4-5-7-19(18)26-2/h4-13H,3,14-15H2,1-2H3,(H,23,25). The molecule has 0 radical (unpaired) electrons. The third-order valence-electron chi connectivity index (χ3n) is 4.29. The van der Waals surface area contributed by atoms with Gasteiger partial charge < -0.3 is 10.1 Å². The largest absolute Gasteiger partial charge is 0.496 e. The van der Waals surface area contributed by atoms with Crippen LogP contribution < -0.4 is 10.1 Å². The first-order valence-corrected chi connectivity index (χ1v) is 8.71. The number of aryl methyl sites for hydroxylation is 1. The first-order valence-electron chi connectivity index (χ1n) is 8.71. The Hall–Kier alpha value is -3.08. The van der Waals surface area contributed by atoms with Gasteiger partial charge in [0.2, 0.25) is 5.91 Å². The summed E-state index contributed by atoms with van der Waals surface area (Å²) in [5, 5.41) is 7.26. The number of rotatable bonds is 7. The van der Waals surface area contributed by atoms with Gasteiger partial charge in [-0.2, -0.15) is 5.10 Å². The van der Waals surface area contributed by atoms with E-state index >= 15 is 0 Å². The van der Waals surface area contributed by atoms with E-state index < -0.39 is 0 Å². The van der Waals surface area contributed by atoms with Gasteiger partial charge in [0.1, 0.15) is 11.6 Å². The van der Waals surface area contributed by atoms with Gasteiger partial charge in [-0.3, -0.25) is 4.79 Å². The van der Waals surface area contributed by atoms with Crippen molar-refractivity contribution < 1.29 is 9.53 Å². The minimum atomic E-state index is -0.0995. The van der Waals surface area contributed by atoms with E-state index in [0.717, 1.165) is 17.5 Å². The topological polar surface area (TPSA) is 56.2 Å². The van der Waals surface area contributed by atoms with E-state index in [9.17, 15) is 4.79 Å². The Morgan fingerprint density at radius 1 is 1.08 bits per heavy atom. The van der Waals surface area contributed by atoms with Crippen molar-refractivity contribution in [3.63, 3.8) is 0 Å². The van der Waals surface area contributed by atoms with Crippen LogP contribution in [0.2, 0.25) is 0 Å². The lowest BCUT2D eigenvalue weighted by Gasteiger charge is -2.11.